The molecule has 2 aliphatic heterocycles. The first-order valence-corrected chi connectivity index (χ1v) is 20.7. The number of hydrogen-bond acceptors (Lipinski definition) is 12. The van der Waals surface area contributed by atoms with E-state index in [0.717, 1.165) is 44.1 Å². The topological polar surface area (TPSA) is 199 Å². The van der Waals surface area contributed by atoms with Gasteiger partial charge in [-0.05, 0) is 131 Å². The van der Waals surface area contributed by atoms with E-state index in [1.165, 1.54) is 6.92 Å². The number of aliphatic hydroxyl groups is 8. The summed E-state index contributed by atoms with van der Waals surface area (Å²) < 4.78 is 24.4. The Labute approximate surface area is 322 Å². The lowest BCUT2D eigenvalue weighted by atomic mass is 9.35. The minimum Gasteiger partial charge on any atom is -0.393 e. The van der Waals surface area contributed by atoms with Crippen molar-refractivity contribution in [3.05, 3.63) is 11.6 Å². The lowest BCUT2D eigenvalue weighted by molar-refractivity contribution is -0.348. The fourth-order valence-corrected chi connectivity index (χ4v) is 13.2. The number of aliphatic hydroxyl groups excluding tert-OH is 8. The Balaban J connectivity index is 1.26. The zero-order valence-corrected chi connectivity index (χ0v) is 34.1. The average Bonchev–Trinajstić information content (AvgIpc) is 3.49. The normalized spacial score (nSPS) is 52.8. The highest BCUT2D eigenvalue weighted by Gasteiger charge is 2.71. The Hall–Kier alpha value is -0.740. The molecule has 0 amide bonds. The highest BCUT2D eigenvalue weighted by molar-refractivity contribution is 5.20. The number of ether oxygens (including phenoxy) is 4. The van der Waals surface area contributed by atoms with Crippen molar-refractivity contribution in [2.24, 2.45) is 45.3 Å². The van der Waals surface area contributed by atoms with Crippen LogP contribution < -0.4 is 0 Å². The predicted molar refractivity (Wildman–Crippen MR) is 200 cm³/mol. The summed E-state index contributed by atoms with van der Waals surface area (Å²) in [6, 6.07) is 0. The van der Waals surface area contributed by atoms with Crippen LogP contribution in [0, 0.1) is 45.3 Å². The summed E-state index contributed by atoms with van der Waals surface area (Å²) in [5.74, 6) is 0.460. The Bertz CT molecular complexity index is 1360. The highest BCUT2D eigenvalue weighted by atomic mass is 16.7. The molecule has 6 fully saturated rings. The van der Waals surface area contributed by atoms with Crippen LogP contribution in [-0.2, 0) is 18.9 Å². The molecule has 4 saturated carbocycles. The van der Waals surface area contributed by atoms with Crippen LogP contribution in [0.1, 0.15) is 120 Å². The zero-order valence-electron chi connectivity index (χ0n) is 34.1. The summed E-state index contributed by atoms with van der Waals surface area (Å²) in [7, 11) is 0. The fourth-order valence-electron chi connectivity index (χ4n) is 13.2. The fraction of sp³-hybridized carbons (Fsp3) is 0.952. The number of allylic oxidation sites excluding steroid dienone is 2. The molecule has 12 heteroatoms. The summed E-state index contributed by atoms with van der Waals surface area (Å²) in [5, 5.41) is 87.7. The first-order chi connectivity index (χ1) is 25.0. The molecule has 0 aromatic rings. The van der Waals surface area contributed by atoms with E-state index in [-0.39, 0.29) is 46.2 Å². The van der Waals surface area contributed by atoms with E-state index in [1.54, 1.807) is 0 Å². The smallest absolute Gasteiger partial charge is 0.187 e. The first kappa shape index (κ1) is 42.9. The van der Waals surface area contributed by atoms with Gasteiger partial charge in [0.1, 0.15) is 42.7 Å². The Morgan fingerprint density at radius 3 is 2.04 bits per heavy atom. The summed E-state index contributed by atoms with van der Waals surface area (Å²) in [5.41, 5.74) is -0.199. The standard InChI is InChI=1S/C42H72O12/c1-21(2)11-10-15-42(9,54-37-35(50)33(48)31(46)25(53-37)20-51-36-34(49)32(47)30(45)22(3)52-36)23-12-17-41(8)29(23)24(43)19-27-39(6)16-14-28(44)38(4,5)26(39)13-18-40(27,41)7/h11,22-37,43-50H,10,12-20H2,1-9H3/t22-,23-,24+,25+,26+,27+,28+,29-,30-,31+,32+,33-,34+,35+,36+,37-,39+,40+,41+,42-/m0/s1. The molecule has 6 rings (SSSR count). The average molecular weight is 769 g/mol. The molecule has 2 saturated heterocycles. The minimum absolute atomic E-state index is 0.00519. The number of hydrogen-bond donors (Lipinski definition) is 8. The molecule has 0 radical (unpaired) electrons. The molecule has 0 bridgehead atoms. The molecule has 0 aromatic heterocycles. The zero-order chi connectivity index (χ0) is 39.9. The molecule has 54 heavy (non-hydrogen) atoms. The second-order valence-corrected chi connectivity index (χ2v) is 20.1. The van der Waals surface area contributed by atoms with Crippen LogP contribution in [0.5, 0.6) is 0 Å². The van der Waals surface area contributed by atoms with Gasteiger partial charge in [-0.15, -0.1) is 0 Å². The van der Waals surface area contributed by atoms with Crippen molar-refractivity contribution in [1.82, 2.24) is 0 Å². The lowest BCUT2D eigenvalue weighted by Crippen LogP contribution is -2.67. The van der Waals surface area contributed by atoms with Gasteiger partial charge in [-0.25, -0.2) is 0 Å². The molecule has 6 aliphatic rings. The van der Waals surface area contributed by atoms with Crippen LogP contribution in [0.4, 0.5) is 0 Å². The molecule has 0 spiro atoms. The van der Waals surface area contributed by atoms with Gasteiger partial charge in [-0.2, -0.15) is 0 Å². The van der Waals surface area contributed by atoms with Crippen molar-refractivity contribution in [2.45, 2.75) is 199 Å². The second-order valence-electron chi connectivity index (χ2n) is 20.1. The third-order valence-electron chi connectivity index (χ3n) is 16.6. The molecule has 0 unspecified atom stereocenters. The number of fused-ring (bicyclic) bond motifs is 5. The van der Waals surface area contributed by atoms with Crippen LogP contribution in [0.2, 0.25) is 0 Å². The summed E-state index contributed by atoms with van der Waals surface area (Å²) >= 11 is 0. The maximum Gasteiger partial charge on any atom is 0.187 e. The van der Waals surface area contributed by atoms with E-state index in [4.69, 9.17) is 18.9 Å². The molecular formula is C42H72O12. The molecule has 312 valence electrons. The van der Waals surface area contributed by atoms with E-state index in [1.807, 2.05) is 20.8 Å². The van der Waals surface area contributed by atoms with Gasteiger partial charge >= 0.3 is 0 Å². The minimum atomic E-state index is -1.63. The van der Waals surface area contributed by atoms with E-state index in [9.17, 15) is 40.9 Å². The van der Waals surface area contributed by atoms with E-state index in [0.29, 0.717) is 31.1 Å². The van der Waals surface area contributed by atoms with Gasteiger partial charge in [0.15, 0.2) is 12.6 Å². The molecule has 12 nitrogen and oxygen atoms in total. The van der Waals surface area contributed by atoms with Crippen molar-refractivity contribution in [1.29, 1.82) is 0 Å². The molecule has 2 heterocycles. The summed E-state index contributed by atoms with van der Waals surface area (Å²) in [6.07, 6.45) is -5.15. The van der Waals surface area contributed by atoms with Gasteiger partial charge in [0.25, 0.3) is 0 Å². The van der Waals surface area contributed by atoms with Crippen LogP contribution in [-0.4, -0.2) is 127 Å². The van der Waals surface area contributed by atoms with Crippen molar-refractivity contribution in [3.63, 3.8) is 0 Å². The monoisotopic (exact) mass is 769 g/mol. The van der Waals surface area contributed by atoms with Gasteiger partial charge in [0.2, 0.25) is 0 Å². The summed E-state index contributed by atoms with van der Waals surface area (Å²) in [6.45, 7) is 19.0. The molecule has 4 aliphatic carbocycles. The number of rotatable bonds is 9. The Kier molecular flexibility index (Phi) is 12.0. The second kappa shape index (κ2) is 15.1. The maximum atomic E-state index is 12.4. The van der Waals surface area contributed by atoms with E-state index < -0.39 is 73.1 Å². The van der Waals surface area contributed by atoms with Gasteiger partial charge in [0.05, 0.1) is 30.5 Å². The predicted octanol–water partition coefficient (Wildman–Crippen LogP) is 3.18. The summed E-state index contributed by atoms with van der Waals surface area (Å²) in [4.78, 5) is 0. The lowest BCUT2D eigenvalue weighted by Gasteiger charge is -2.70. The van der Waals surface area contributed by atoms with E-state index >= 15 is 0 Å². The largest absolute Gasteiger partial charge is 0.393 e. The third-order valence-corrected chi connectivity index (χ3v) is 16.6. The van der Waals surface area contributed by atoms with Crippen molar-refractivity contribution < 1.29 is 59.8 Å². The van der Waals surface area contributed by atoms with Gasteiger partial charge in [-0.1, -0.05) is 46.3 Å². The highest BCUT2D eigenvalue weighted by Crippen LogP contribution is 2.76. The third kappa shape index (κ3) is 6.87. The van der Waals surface area contributed by atoms with E-state index in [2.05, 4.69) is 40.7 Å². The molecule has 20 atom stereocenters. The van der Waals surface area contributed by atoms with Crippen LogP contribution in [0.25, 0.3) is 0 Å². The van der Waals surface area contributed by atoms with Crippen molar-refractivity contribution in [2.75, 3.05) is 6.61 Å². The van der Waals surface area contributed by atoms with Gasteiger partial charge in [-0.3, -0.25) is 0 Å². The van der Waals surface area contributed by atoms with Crippen LogP contribution in [0.3, 0.4) is 0 Å². The Morgan fingerprint density at radius 1 is 0.741 bits per heavy atom. The van der Waals surface area contributed by atoms with Crippen LogP contribution >= 0.6 is 0 Å². The van der Waals surface area contributed by atoms with Crippen molar-refractivity contribution in [3.8, 4) is 0 Å². The SMILES string of the molecule is CC(C)=CCC[C@](C)(O[C@@H]1O[C@H](CO[C@@H]2O[C@@H](C)[C@H](O)[C@@H](O)[C@H]2O)[C@@H](O)[C@H](O)[C@H]1O)[C@H]1CC[C@]2(C)[C@@H]1[C@H](O)C[C@@H]1[C@]3(C)CC[C@@H](O)C(C)(C)[C@H]3CC[C@]12C. The molecular weight excluding hydrogens is 696 g/mol. The maximum absolute atomic E-state index is 12.4. The molecule has 8 N–H and O–H groups in total. The quantitative estimate of drug-likeness (QED) is 0.160. The van der Waals surface area contributed by atoms with Crippen LogP contribution in [0.15, 0.2) is 11.6 Å². The molecule has 0 aromatic carbocycles. The Morgan fingerprint density at radius 2 is 1.37 bits per heavy atom. The van der Waals surface area contributed by atoms with Crippen molar-refractivity contribution >= 4 is 0 Å². The van der Waals surface area contributed by atoms with Gasteiger partial charge < -0.3 is 59.8 Å². The first-order valence-electron chi connectivity index (χ1n) is 20.7. The van der Waals surface area contributed by atoms with Gasteiger partial charge in [0, 0.05) is 0 Å².